The largest absolute Gasteiger partial charge is 0.321 e. The molecular weight excluding hydrogens is 248 g/mol. The summed E-state index contributed by atoms with van der Waals surface area (Å²) in [4.78, 5) is 33.0. The van der Waals surface area contributed by atoms with Crippen LogP contribution in [0.15, 0.2) is 24.3 Å². The molecule has 0 spiro atoms. The molecule has 98 valence electrons. The fourth-order valence-corrected chi connectivity index (χ4v) is 1.52. The summed E-state index contributed by atoms with van der Waals surface area (Å²) >= 11 is 0. The molecule has 4 nitrogen and oxygen atoms in total. The molecule has 0 heterocycles. The van der Waals surface area contributed by atoms with Crippen molar-refractivity contribution in [1.29, 1.82) is 0 Å². The summed E-state index contributed by atoms with van der Waals surface area (Å²) in [6, 6.07) is 5.30. The van der Waals surface area contributed by atoms with Crippen molar-refractivity contribution in [2.24, 2.45) is 5.73 Å². The second-order valence-electron chi connectivity index (χ2n) is 4.10. The van der Waals surface area contributed by atoms with E-state index in [2.05, 4.69) is 0 Å². The first-order valence-electron chi connectivity index (χ1n) is 5.70. The molecule has 2 unspecified atom stereocenters. The standard InChI is InChI=1S/C13H13BFNO3/c14-6-11(18)12(15)13(19)9-3-1-8(2-4-9)5-10(16)7-17/h1-4,7,10,12H,5-6,16H2. The number of nitrogens with two attached hydrogens (primary N) is 1. The molecule has 0 amide bonds. The Morgan fingerprint density at radius 1 is 1.32 bits per heavy atom. The van der Waals surface area contributed by atoms with Gasteiger partial charge in [-0.1, -0.05) is 24.3 Å². The molecule has 0 aliphatic carbocycles. The average molecular weight is 261 g/mol. The number of rotatable bonds is 7. The van der Waals surface area contributed by atoms with E-state index in [1.807, 2.05) is 0 Å². The number of carbonyl (C=O) groups is 3. The number of halogens is 1. The van der Waals surface area contributed by atoms with Gasteiger partial charge in [0.2, 0.25) is 12.0 Å². The topological polar surface area (TPSA) is 77.2 Å². The van der Waals surface area contributed by atoms with Gasteiger partial charge in [0.25, 0.3) is 0 Å². The first-order chi connectivity index (χ1) is 8.99. The minimum atomic E-state index is -2.23. The molecule has 2 atom stereocenters. The Morgan fingerprint density at radius 3 is 2.37 bits per heavy atom. The summed E-state index contributed by atoms with van der Waals surface area (Å²) < 4.78 is 13.4. The van der Waals surface area contributed by atoms with Gasteiger partial charge in [0.05, 0.1) is 13.9 Å². The molecular formula is C13H13BFNO3. The molecule has 2 radical (unpaired) electrons. The van der Waals surface area contributed by atoms with Gasteiger partial charge in [-0.3, -0.25) is 9.59 Å². The normalized spacial score (nSPS) is 13.6. The van der Waals surface area contributed by atoms with Crippen molar-refractivity contribution in [3.63, 3.8) is 0 Å². The zero-order chi connectivity index (χ0) is 14.4. The van der Waals surface area contributed by atoms with Gasteiger partial charge in [0.15, 0.2) is 5.78 Å². The van der Waals surface area contributed by atoms with Gasteiger partial charge in [0.1, 0.15) is 6.29 Å². The van der Waals surface area contributed by atoms with Crippen LogP contribution in [0.4, 0.5) is 4.39 Å². The highest BCUT2D eigenvalue weighted by Crippen LogP contribution is 2.11. The van der Waals surface area contributed by atoms with E-state index in [1.54, 1.807) is 12.1 Å². The number of carbonyl (C=O) groups excluding carboxylic acids is 3. The molecule has 1 aromatic carbocycles. The van der Waals surface area contributed by atoms with Crippen LogP contribution in [0.2, 0.25) is 6.32 Å². The van der Waals surface area contributed by atoms with Gasteiger partial charge in [-0.15, -0.1) is 0 Å². The van der Waals surface area contributed by atoms with Crippen molar-refractivity contribution in [2.45, 2.75) is 25.0 Å². The summed E-state index contributed by atoms with van der Waals surface area (Å²) in [6.07, 6.45) is -1.79. The van der Waals surface area contributed by atoms with Gasteiger partial charge < -0.3 is 10.5 Å². The van der Waals surface area contributed by atoms with E-state index in [9.17, 15) is 18.8 Å². The fraction of sp³-hybridized carbons (Fsp3) is 0.308. The lowest BCUT2D eigenvalue weighted by molar-refractivity contribution is -0.120. The first-order valence-corrected chi connectivity index (χ1v) is 5.70. The molecule has 1 rings (SSSR count). The van der Waals surface area contributed by atoms with Gasteiger partial charge in [-0.05, 0) is 18.3 Å². The highest BCUT2D eigenvalue weighted by Gasteiger charge is 2.25. The summed E-state index contributed by atoms with van der Waals surface area (Å²) in [7, 11) is 4.99. The third kappa shape index (κ3) is 4.10. The van der Waals surface area contributed by atoms with Crippen LogP contribution in [0.5, 0.6) is 0 Å². The maximum absolute atomic E-state index is 13.4. The SMILES string of the molecule is [B]CC(=O)C(F)C(=O)c1ccc(CC(N)C=O)cc1. The minimum absolute atomic E-state index is 0.0812. The number of ketones is 2. The number of hydrogen-bond acceptors (Lipinski definition) is 4. The minimum Gasteiger partial charge on any atom is -0.321 e. The summed E-state index contributed by atoms with van der Waals surface area (Å²) in [5.41, 5.74) is 6.28. The Kier molecular flexibility index (Phi) is 5.57. The Labute approximate surface area is 111 Å². The second kappa shape index (κ2) is 6.94. The number of aldehydes is 1. The third-order valence-corrected chi connectivity index (χ3v) is 2.60. The Hall–Kier alpha value is -1.82. The maximum Gasteiger partial charge on any atom is 0.220 e. The first kappa shape index (κ1) is 15.2. The van der Waals surface area contributed by atoms with E-state index in [1.165, 1.54) is 12.1 Å². The van der Waals surface area contributed by atoms with Crippen molar-refractivity contribution in [1.82, 2.24) is 0 Å². The van der Waals surface area contributed by atoms with Crippen molar-refractivity contribution >= 4 is 25.7 Å². The number of Topliss-reactive ketones (excluding diaryl/α,β-unsaturated/α-hetero) is 2. The molecule has 0 fully saturated rings. The van der Waals surface area contributed by atoms with Gasteiger partial charge in [-0.25, -0.2) is 4.39 Å². The molecule has 1 aromatic rings. The van der Waals surface area contributed by atoms with Gasteiger partial charge in [-0.2, -0.15) is 0 Å². The number of hydrogen-bond donors (Lipinski definition) is 1. The van der Waals surface area contributed by atoms with Gasteiger partial charge in [0, 0.05) is 5.56 Å². The van der Waals surface area contributed by atoms with E-state index >= 15 is 0 Å². The zero-order valence-electron chi connectivity index (χ0n) is 10.2. The molecule has 0 bridgehead atoms. The molecule has 0 aliphatic heterocycles. The highest BCUT2D eigenvalue weighted by molar-refractivity contribution is 6.26. The van der Waals surface area contributed by atoms with Crippen molar-refractivity contribution in [3.05, 3.63) is 35.4 Å². The quantitative estimate of drug-likeness (QED) is 0.334. The third-order valence-electron chi connectivity index (χ3n) is 2.60. The maximum atomic E-state index is 13.4. The van der Waals surface area contributed by atoms with E-state index in [4.69, 9.17) is 13.6 Å². The van der Waals surface area contributed by atoms with Crippen LogP contribution in [-0.4, -0.2) is 37.9 Å². The lowest BCUT2D eigenvalue weighted by Gasteiger charge is -2.07. The molecule has 0 aromatic heterocycles. The fourth-order valence-electron chi connectivity index (χ4n) is 1.52. The van der Waals surface area contributed by atoms with Crippen LogP contribution < -0.4 is 5.73 Å². The zero-order valence-corrected chi connectivity index (χ0v) is 10.2. The molecule has 6 heteroatoms. The monoisotopic (exact) mass is 261 g/mol. The summed E-state index contributed by atoms with van der Waals surface area (Å²) in [5.74, 6) is -1.86. The van der Waals surface area contributed by atoms with Crippen molar-refractivity contribution < 1.29 is 18.8 Å². The Balaban J connectivity index is 2.78. The molecule has 0 saturated carbocycles. The summed E-state index contributed by atoms with van der Waals surface area (Å²) in [5, 5.41) is 0. The smallest absolute Gasteiger partial charge is 0.220 e. The summed E-state index contributed by atoms with van der Waals surface area (Å²) in [6.45, 7) is 0. The van der Waals surface area contributed by atoms with Gasteiger partial charge >= 0.3 is 0 Å². The molecule has 19 heavy (non-hydrogen) atoms. The van der Waals surface area contributed by atoms with Crippen molar-refractivity contribution in [3.8, 4) is 0 Å². The van der Waals surface area contributed by atoms with Crippen LogP contribution in [-0.2, 0) is 16.0 Å². The Morgan fingerprint density at radius 2 is 1.89 bits per heavy atom. The average Bonchev–Trinajstić information content (AvgIpc) is 2.45. The predicted molar refractivity (Wildman–Crippen MR) is 69.0 cm³/mol. The van der Waals surface area contributed by atoms with Crippen LogP contribution in [0, 0.1) is 0 Å². The van der Waals surface area contributed by atoms with E-state index in [-0.39, 0.29) is 5.56 Å². The Bertz CT molecular complexity index is 475. The lowest BCUT2D eigenvalue weighted by Crippen LogP contribution is -2.26. The van der Waals surface area contributed by atoms with Crippen LogP contribution in [0.25, 0.3) is 0 Å². The number of alkyl halides is 1. The molecule has 0 aliphatic rings. The molecule has 2 N–H and O–H groups in total. The molecule has 0 saturated heterocycles. The van der Waals surface area contributed by atoms with E-state index in [0.717, 1.165) is 5.56 Å². The van der Waals surface area contributed by atoms with E-state index in [0.29, 0.717) is 12.7 Å². The predicted octanol–water partition coefficient (Wildman–Crippen LogP) is 0.432. The number of benzene rings is 1. The van der Waals surface area contributed by atoms with Crippen LogP contribution in [0.3, 0.4) is 0 Å². The van der Waals surface area contributed by atoms with Crippen molar-refractivity contribution in [2.75, 3.05) is 0 Å². The second-order valence-corrected chi connectivity index (χ2v) is 4.10. The van der Waals surface area contributed by atoms with E-state index < -0.39 is 30.1 Å². The van der Waals surface area contributed by atoms with Crippen LogP contribution in [0.1, 0.15) is 15.9 Å². The highest BCUT2D eigenvalue weighted by atomic mass is 19.1. The lowest BCUT2D eigenvalue weighted by atomic mass is 9.94. The van der Waals surface area contributed by atoms with Crippen LogP contribution >= 0.6 is 0 Å².